The highest BCUT2D eigenvalue weighted by Gasteiger charge is 2.22. The van der Waals surface area contributed by atoms with Crippen LogP contribution in [0.25, 0.3) is 41.6 Å². The van der Waals surface area contributed by atoms with Crippen molar-refractivity contribution in [1.82, 2.24) is 52.9 Å². The van der Waals surface area contributed by atoms with E-state index in [1.807, 2.05) is 73.7 Å². The van der Waals surface area contributed by atoms with Gasteiger partial charge in [0.1, 0.15) is 56.9 Å². The van der Waals surface area contributed by atoms with Crippen molar-refractivity contribution in [3.63, 3.8) is 0 Å². The van der Waals surface area contributed by atoms with Crippen LogP contribution in [0.4, 0.5) is 13.2 Å². The number of aromatic amines is 1. The average molecular weight is 1670 g/mol. The number of carboxylic acids is 1. The molecule has 0 bridgehead atoms. The first-order chi connectivity index (χ1) is 57.3. The molecule has 3 amide bonds. The summed E-state index contributed by atoms with van der Waals surface area (Å²) in [5, 5.41) is 24.6. The Morgan fingerprint density at radius 1 is 0.387 bits per heavy atom. The van der Waals surface area contributed by atoms with Crippen molar-refractivity contribution in [1.29, 1.82) is 0 Å². The summed E-state index contributed by atoms with van der Waals surface area (Å²) in [5.74, 6) is -1.82. The number of aromatic carboxylic acids is 1. The minimum absolute atomic E-state index is 0.00320. The van der Waals surface area contributed by atoms with Crippen LogP contribution in [-0.4, -0.2) is 82.0 Å². The zero-order chi connectivity index (χ0) is 84.6. The van der Waals surface area contributed by atoms with E-state index in [0.717, 1.165) is 51.8 Å². The third-order valence-corrected chi connectivity index (χ3v) is 21.4. The maximum absolute atomic E-state index is 13.2. The smallest absolute Gasteiger partial charge is 0.332 e. The summed E-state index contributed by atoms with van der Waals surface area (Å²) in [6.07, 6.45) is 0. The van der Waals surface area contributed by atoms with Gasteiger partial charge in [-0.3, -0.25) is 65.5 Å². The van der Waals surface area contributed by atoms with Crippen molar-refractivity contribution in [3.05, 3.63) is 373 Å². The lowest BCUT2D eigenvalue weighted by Crippen LogP contribution is -2.42. The van der Waals surface area contributed by atoms with E-state index in [1.165, 1.54) is 153 Å². The second-order valence-corrected chi connectivity index (χ2v) is 29.5. The number of carboxylic acid groups (broad SMARTS) is 1. The summed E-state index contributed by atoms with van der Waals surface area (Å²) in [4.78, 5) is 154. The third-order valence-electron chi connectivity index (χ3n) is 18.8. The van der Waals surface area contributed by atoms with Crippen molar-refractivity contribution in [2.75, 3.05) is 21.3 Å². The van der Waals surface area contributed by atoms with Crippen LogP contribution in [0.15, 0.2) is 261 Å². The van der Waals surface area contributed by atoms with Gasteiger partial charge in [-0.15, -0.1) is 34.0 Å². The van der Waals surface area contributed by atoms with Crippen molar-refractivity contribution in [3.8, 4) is 17.2 Å². The number of ether oxygens (including phenoxy) is 3. The fraction of sp³-hybridized carbons (Fsp3) is 0.163. The molecule has 15 aromatic rings. The Kier molecular flexibility index (Phi) is 27.2. The topological polar surface area (TPSA) is 342 Å². The number of aromatic nitrogens is 8. The van der Waals surface area contributed by atoms with Gasteiger partial charge in [-0.2, -0.15) is 0 Å². The molecule has 0 fully saturated rings. The van der Waals surface area contributed by atoms with Gasteiger partial charge in [0.15, 0.2) is 11.5 Å². The third kappa shape index (κ3) is 20.5. The minimum Gasteiger partial charge on any atom is -0.545 e. The number of fused-ring (bicyclic) bond motifs is 4. The van der Waals surface area contributed by atoms with Gasteiger partial charge in [0, 0.05) is 19.6 Å². The van der Waals surface area contributed by atoms with Crippen LogP contribution in [0, 0.1) is 24.4 Å². The van der Waals surface area contributed by atoms with Gasteiger partial charge in [0.2, 0.25) is 17.7 Å². The maximum atomic E-state index is 13.2. The lowest BCUT2D eigenvalue weighted by molar-refractivity contribution is -0.255. The highest BCUT2D eigenvalue weighted by molar-refractivity contribution is 7.17. The number of methoxy groups -OCH3 is 3. The largest absolute Gasteiger partial charge is 0.545 e. The number of aryl methyl sites for hydroxylation is 1. The molecule has 0 radical (unpaired) electrons. The number of thiophene rings is 3. The number of nitrogens with one attached hydrogen (secondary N) is 4. The van der Waals surface area contributed by atoms with Crippen molar-refractivity contribution < 1.29 is 51.7 Å². The van der Waals surface area contributed by atoms with Gasteiger partial charge in [0.05, 0.1) is 80.9 Å². The van der Waals surface area contributed by atoms with Gasteiger partial charge in [-0.25, -0.2) is 32.3 Å². The average Bonchev–Trinajstić information content (AvgIpc) is 1.74. The van der Waals surface area contributed by atoms with Gasteiger partial charge < -0.3 is 45.0 Å². The molecule has 0 aliphatic carbocycles. The number of nitrogens with zero attached hydrogens (tertiary/aromatic N) is 7. The normalized spacial score (nSPS) is 10.9. The first kappa shape index (κ1) is 84.1. The van der Waals surface area contributed by atoms with E-state index in [0.29, 0.717) is 71.9 Å². The van der Waals surface area contributed by atoms with E-state index < -0.39 is 74.3 Å². The second kappa shape index (κ2) is 38.4. The molecule has 7 heterocycles. The Labute approximate surface area is 684 Å². The van der Waals surface area contributed by atoms with Crippen LogP contribution in [0.5, 0.6) is 17.2 Å². The van der Waals surface area contributed by atoms with E-state index in [2.05, 4.69) is 20.9 Å². The van der Waals surface area contributed by atoms with Crippen molar-refractivity contribution in [2.45, 2.75) is 72.4 Å². The predicted molar refractivity (Wildman–Crippen MR) is 446 cm³/mol. The molecule has 0 atom stereocenters. The Morgan fingerprint density at radius 3 is 1.15 bits per heavy atom. The number of rotatable bonds is 24. The summed E-state index contributed by atoms with van der Waals surface area (Å²) in [5.41, 5.74) is 3.61. The minimum atomic E-state index is -1.36. The zero-order valence-corrected chi connectivity index (χ0v) is 66.4. The van der Waals surface area contributed by atoms with Crippen molar-refractivity contribution in [2.24, 2.45) is 0 Å². The number of carbonyl (C=O) groups excluding carboxylic acids is 4. The van der Waals surface area contributed by atoms with E-state index in [-0.39, 0.29) is 80.6 Å². The Morgan fingerprint density at radius 2 is 0.756 bits per heavy atom. The molecular weight excluding hydrogens is 1600 g/mol. The first-order valence-electron chi connectivity index (χ1n) is 36.4. The lowest BCUT2D eigenvalue weighted by atomic mass is 10.1. The number of halogens is 3. The van der Waals surface area contributed by atoms with Crippen LogP contribution in [0.3, 0.4) is 0 Å². The second-order valence-electron chi connectivity index (χ2n) is 26.8. The molecule has 119 heavy (non-hydrogen) atoms. The van der Waals surface area contributed by atoms with Crippen LogP contribution < -0.4 is 80.3 Å². The fourth-order valence-electron chi connectivity index (χ4n) is 12.5. The molecule has 0 saturated heterocycles. The van der Waals surface area contributed by atoms with Crippen LogP contribution in [0.1, 0.15) is 54.9 Å². The van der Waals surface area contributed by atoms with E-state index in [4.69, 9.17) is 14.2 Å². The molecule has 0 spiro atoms. The molecule has 0 saturated carbocycles. The van der Waals surface area contributed by atoms with Crippen LogP contribution >= 0.6 is 34.0 Å². The molecule has 27 nitrogen and oxygen atoms in total. The summed E-state index contributed by atoms with van der Waals surface area (Å²) < 4.78 is 64.6. The number of hydrogen-bond acceptors (Lipinski definition) is 19. The highest BCUT2D eigenvalue weighted by atomic mass is 32.1. The van der Waals surface area contributed by atoms with E-state index in [9.17, 15) is 75.8 Å². The summed E-state index contributed by atoms with van der Waals surface area (Å²) in [6, 6.07) is 55.1. The van der Waals surface area contributed by atoms with Gasteiger partial charge in [-0.05, 0) is 159 Å². The lowest BCUT2D eigenvalue weighted by Gasteiger charge is -2.13. The Hall–Kier alpha value is -14.3. The molecule has 0 unspecified atom stereocenters. The molecular formula is C86H73F3N11O16S3-. The molecule has 0 aliphatic heterocycles. The summed E-state index contributed by atoms with van der Waals surface area (Å²) in [7, 11) is 4.65. The number of hydrogen-bond donors (Lipinski definition) is 4. The SMILES string of the molecule is COc1ccc(CNC(=O)Cn2c(=O)n(Cc3ccc(F)cc3)c(=O)c3sccc32)cc1.COc1ccc(CNC(=O)Cn2c(=O)n(Cc3ccc(F)cc3)c(=O)c3sccc32)cc1OC.Cc1ccc(CNC(=O)Cn2c(=O)n(Cc3ccc(F)cc3)c(=O)c3sccc32)cc1.O=C([O-])c1ccc2c(=O)n(Cc3ccccc3)c(=O)[nH]c2c1. The number of carbonyl (C=O) groups is 4. The summed E-state index contributed by atoms with van der Waals surface area (Å²) >= 11 is 3.62. The fourth-order valence-corrected chi connectivity index (χ4v) is 15.1. The van der Waals surface area contributed by atoms with E-state index in [1.54, 1.807) is 71.8 Å². The van der Waals surface area contributed by atoms with Crippen LogP contribution in [0.2, 0.25) is 0 Å². The van der Waals surface area contributed by atoms with E-state index >= 15 is 0 Å². The quantitative estimate of drug-likeness (QED) is 0.0440. The zero-order valence-electron chi connectivity index (χ0n) is 64.0. The van der Waals surface area contributed by atoms with Crippen LogP contribution in [-0.2, 0) is 79.8 Å². The number of benzene rings is 8. The maximum Gasteiger partial charge on any atom is 0.332 e. The monoisotopic (exact) mass is 1670 g/mol. The van der Waals surface area contributed by atoms with Crippen molar-refractivity contribution >= 4 is 99.3 Å². The van der Waals surface area contributed by atoms with Gasteiger partial charge in [-0.1, -0.05) is 121 Å². The predicted octanol–water partition coefficient (Wildman–Crippen LogP) is 8.62. The van der Waals surface area contributed by atoms with Gasteiger partial charge in [0.25, 0.3) is 22.2 Å². The number of amides is 3. The molecule has 33 heteroatoms. The highest BCUT2D eigenvalue weighted by Crippen LogP contribution is 2.28. The number of H-pyrrole nitrogens is 1. The molecule has 8 aromatic carbocycles. The molecule has 15 rings (SSSR count). The molecule has 0 aliphatic rings. The van der Waals surface area contributed by atoms with Gasteiger partial charge >= 0.3 is 22.8 Å². The summed E-state index contributed by atoms with van der Waals surface area (Å²) in [6.45, 7) is 2.24. The Bertz CT molecular complexity index is 6770. The molecule has 7 aromatic heterocycles. The first-order valence-corrected chi connectivity index (χ1v) is 39.1. The molecule has 608 valence electrons. The standard InChI is InChI=1S/C24H22FN3O5S.C23H20FN3O4S.C23H20FN3O3S.C16H12N2O4/c1-32-19-8-5-16(11-20(19)33-2)12-26-21(29)14-27-18-9-10-34-22(18)23(30)28(24(27)31)13-15-3-6-17(25)7-4-15;1-31-18-8-4-15(5-9-18)12-25-20(28)14-26-19-10-11-32-21(19)22(29)27(23(26)30)13-16-2-6-17(24)7-3-16;1-15-2-4-16(5-3-15)12-25-20(28)14-26-19-10-11-31-21(19)22(29)27(23(26)30)13-17-6-8-18(24)9-7-17;19-14-12-7-6-11(15(20)21)8-13(12)17-16(22)18(14)9-10-4-2-1-3-5-10/h3-11H,12-14H2,1-2H3,(H,26,29);2-11H,12-14H2,1H3,(H,25,28);2-11H,12-14H2,1H3,(H,25,28);1-8H,9H2,(H,17,22)(H,20,21)/p-1. The molecule has 4 N–H and O–H groups in total. The Balaban J connectivity index is 0.000000147.